The fourth-order valence-electron chi connectivity index (χ4n) is 8.32. The molecule has 2 N–H and O–H groups in total. The van der Waals surface area contributed by atoms with Crippen LogP contribution in [0.1, 0.15) is 89.9 Å². The summed E-state index contributed by atoms with van der Waals surface area (Å²) in [5.74, 6) is 3.82. The molecule has 138 valence electrons. The number of nitrogens with two attached hydrogens (primary N) is 1. The lowest BCUT2D eigenvalue weighted by molar-refractivity contribution is -0.146. The second kappa shape index (κ2) is 6.13. The quantitative estimate of drug-likeness (QED) is 0.641. The molecular formula is C23H35NO. The number of carbonyl (C=O) groups is 1. The summed E-state index contributed by atoms with van der Waals surface area (Å²) in [6.07, 6.45) is 18.6. The van der Waals surface area contributed by atoms with E-state index < -0.39 is 0 Å². The van der Waals surface area contributed by atoms with Crippen LogP contribution in [-0.4, -0.2) is 5.91 Å². The van der Waals surface area contributed by atoms with Crippen LogP contribution in [0.2, 0.25) is 0 Å². The first-order chi connectivity index (χ1) is 12.2. The van der Waals surface area contributed by atoms with E-state index in [0.717, 1.165) is 18.3 Å². The van der Waals surface area contributed by atoms with Gasteiger partial charge < -0.3 is 5.73 Å². The predicted molar refractivity (Wildman–Crippen MR) is 101 cm³/mol. The number of carbonyl (C=O) groups excluding carboxylic acids is 1. The Balaban J connectivity index is 1.51. The van der Waals surface area contributed by atoms with Crippen LogP contribution in [-0.2, 0) is 4.79 Å². The standard InChI is InChI=1S/C23H35NO/c24-22(25)23-14-4-3-6-16(23)9-11-20-19-10-8-15-5-1-2-7-17(15)18(19)12-13-21(20)23/h15-17,20-21H,1-14H2,(H2,24,25). The zero-order valence-electron chi connectivity index (χ0n) is 15.8. The number of fused-ring (bicyclic) bond motifs is 6. The summed E-state index contributed by atoms with van der Waals surface area (Å²) >= 11 is 0. The van der Waals surface area contributed by atoms with E-state index in [1.807, 2.05) is 11.1 Å². The molecule has 0 saturated heterocycles. The lowest BCUT2D eigenvalue weighted by Gasteiger charge is -2.57. The summed E-state index contributed by atoms with van der Waals surface area (Å²) in [5.41, 5.74) is 9.71. The molecule has 0 bridgehead atoms. The van der Waals surface area contributed by atoms with Crippen molar-refractivity contribution in [1.29, 1.82) is 0 Å². The van der Waals surface area contributed by atoms with Gasteiger partial charge in [-0.15, -0.1) is 0 Å². The molecule has 25 heavy (non-hydrogen) atoms. The fourth-order valence-corrected chi connectivity index (χ4v) is 8.32. The Morgan fingerprint density at radius 2 is 1.56 bits per heavy atom. The molecule has 2 nitrogen and oxygen atoms in total. The van der Waals surface area contributed by atoms with Gasteiger partial charge in [0, 0.05) is 0 Å². The predicted octanol–water partition coefficient (Wildman–Crippen LogP) is 5.37. The smallest absolute Gasteiger partial charge is 0.224 e. The van der Waals surface area contributed by atoms with E-state index in [1.54, 1.807) is 0 Å². The molecule has 3 saturated carbocycles. The largest absolute Gasteiger partial charge is 0.369 e. The molecule has 0 radical (unpaired) electrons. The molecule has 0 aromatic rings. The van der Waals surface area contributed by atoms with Gasteiger partial charge in [-0.1, -0.05) is 36.8 Å². The third-order valence-corrected chi connectivity index (χ3v) is 9.28. The first-order valence-corrected chi connectivity index (χ1v) is 11.2. The van der Waals surface area contributed by atoms with Crippen LogP contribution < -0.4 is 5.73 Å². The van der Waals surface area contributed by atoms with Crippen molar-refractivity contribution in [1.82, 2.24) is 0 Å². The molecule has 5 aliphatic carbocycles. The van der Waals surface area contributed by atoms with Crippen molar-refractivity contribution in [2.75, 3.05) is 0 Å². The molecule has 6 atom stereocenters. The second-order valence-corrected chi connectivity index (χ2v) is 9.92. The Morgan fingerprint density at radius 1 is 0.800 bits per heavy atom. The molecule has 1 amide bonds. The second-order valence-electron chi connectivity index (χ2n) is 9.92. The Morgan fingerprint density at radius 3 is 2.44 bits per heavy atom. The molecule has 5 aliphatic rings. The van der Waals surface area contributed by atoms with Gasteiger partial charge in [0.05, 0.1) is 5.41 Å². The van der Waals surface area contributed by atoms with E-state index in [-0.39, 0.29) is 11.3 Å². The summed E-state index contributed by atoms with van der Waals surface area (Å²) in [4.78, 5) is 12.8. The third-order valence-electron chi connectivity index (χ3n) is 9.28. The van der Waals surface area contributed by atoms with Crippen molar-refractivity contribution < 1.29 is 4.79 Å². The minimum atomic E-state index is -0.150. The van der Waals surface area contributed by atoms with E-state index in [0.29, 0.717) is 17.8 Å². The van der Waals surface area contributed by atoms with Crippen molar-refractivity contribution >= 4 is 5.91 Å². The summed E-state index contributed by atoms with van der Waals surface area (Å²) in [7, 11) is 0. The van der Waals surface area contributed by atoms with Crippen LogP contribution in [0.25, 0.3) is 0 Å². The van der Waals surface area contributed by atoms with E-state index >= 15 is 0 Å². The van der Waals surface area contributed by atoms with E-state index in [1.165, 1.54) is 83.5 Å². The van der Waals surface area contributed by atoms with Crippen LogP contribution in [0.3, 0.4) is 0 Å². The zero-order chi connectivity index (χ0) is 17.0. The van der Waals surface area contributed by atoms with E-state index in [4.69, 9.17) is 5.73 Å². The van der Waals surface area contributed by atoms with Gasteiger partial charge in [-0.25, -0.2) is 0 Å². The molecule has 2 heteroatoms. The molecule has 0 heterocycles. The molecule has 0 aliphatic heterocycles. The van der Waals surface area contributed by atoms with Gasteiger partial charge in [-0.05, 0) is 93.8 Å². The zero-order valence-corrected chi connectivity index (χ0v) is 15.8. The normalized spacial score (nSPS) is 46.5. The van der Waals surface area contributed by atoms with Crippen LogP contribution >= 0.6 is 0 Å². The maximum Gasteiger partial charge on any atom is 0.224 e. The Hall–Kier alpha value is -0.790. The summed E-state index contributed by atoms with van der Waals surface area (Å²) in [6, 6.07) is 0. The minimum Gasteiger partial charge on any atom is -0.369 e. The van der Waals surface area contributed by atoms with E-state index in [2.05, 4.69) is 0 Å². The molecule has 0 aromatic carbocycles. The highest BCUT2D eigenvalue weighted by molar-refractivity contribution is 5.82. The Labute approximate surface area is 153 Å². The SMILES string of the molecule is NC(=O)C12CCCCC1CCC1C3=C(CCC12)C1CCCCC1CC3. The highest BCUT2D eigenvalue weighted by Crippen LogP contribution is 2.62. The Bertz CT molecular complexity index is 593. The Kier molecular flexibility index (Phi) is 4.02. The van der Waals surface area contributed by atoms with Crippen LogP contribution in [0.4, 0.5) is 0 Å². The number of rotatable bonds is 1. The lowest BCUT2D eigenvalue weighted by atomic mass is 9.46. The molecule has 0 aromatic heterocycles. The fraction of sp³-hybridized carbons (Fsp3) is 0.870. The number of hydrogen-bond acceptors (Lipinski definition) is 1. The lowest BCUT2D eigenvalue weighted by Crippen LogP contribution is -2.56. The van der Waals surface area contributed by atoms with Crippen molar-refractivity contribution in [3.63, 3.8) is 0 Å². The van der Waals surface area contributed by atoms with E-state index in [9.17, 15) is 4.79 Å². The van der Waals surface area contributed by atoms with Gasteiger partial charge in [-0.2, -0.15) is 0 Å². The number of primary amides is 1. The van der Waals surface area contributed by atoms with Crippen molar-refractivity contribution in [2.45, 2.75) is 89.9 Å². The average Bonchev–Trinajstić information content (AvgIpc) is 2.66. The highest BCUT2D eigenvalue weighted by Gasteiger charge is 2.57. The maximum atomic E-state index is 12.8. The van der Waals surface area contributed by atoms with Crippen LogP contribution in [0, 0.1) is 35.0 Å². The maximum absolute atomic E-state index is 12.8. The van der Waals surface area contributed by atoms with Gasteiger partial charge in [-0.3, -0.25) is 4.79 Å². The van der Waals surface area contributed by atoms with Gasteiger partial charge >= 0.3 is 0 Å². The molecule has 0 spiro atoms. The van der Waals surface area contributed by atoms with Gasteiger partial charge in [0.2, 0.25) is 5.91 Å². The van der Waals surface area contributed by atoms with Gasteiger partial charge in [0.15, 0.2) is 0 Å². The molecular weight excluding hydrogens is 306 g/mol. The molecule has 6 unspecified atom stereocenters. The summed E-state index contributed by atoms with van der Waals surface area (Å²) in [5, 5.41) is 0. The van der Waals surface area contributed by atoms with Gasteiger partial charge in [0.25, 0.3) is 0 Å². The van der Waals surface area contributed by atoms with Crippen molar-refractivity contribution in [3.05, 3.63) is 11.1 Å². The average molecular weight is 342 g/mol. The summed E-state index contributed by atoms with van der Waals surface area (Å²) in [6.45, 7) is 0. The van der Waals surface area contributed by atoms with Crippen molar-refractivity contribution in [2.24, 2.45) is 40.7 Å². The molecule has 5 rings (SSSR count). The first kappa shape index (κ1) is 16.4. The van der Waals surface area contributed by atoms with Crippen LogP contribution in [0.15, 0.2) is 11.1 Å². The van der Waals surface area contributed by atoms with Gasteiger partial charge in [0.1, 0.15) is 0 Å². The number of amides is 1. The van der Waals surface area contributed by atoms with Crippen LogP contribution in [0.5, 0.6) is 0 Å². The monoisotopic (exact) mass is 341 g/mol. The number of hydrogen-bond donors (Lipinski definition) is 1. The summed E-state index contributed by atoms with van der Waals surface area (Å²) < 4.78 is 0. The number of allylic oxidation sites excluding steroid dienone is 2. The molecule has 3 fully saturated rings. The topological polar surface area (TPSA) is 43.1 Å². The minimum absolute atomic E-state index is 0.0577. The third kappa shape index (κ3) is 2.31. The van der Waals surface area contributed by atoms with Crippen molar-refractivity contribution in [3.8, 4) is 0 Å². The highest BCUT2D eigenvalue weighted by atomic mass is 16.1. The first-order valence-electron chi connectivity index (χ1n) is 11.2.